The molecule has 498 valence electrons. The van der Waals surface area contributed by atoms with E-state index in [2.05, 4.69) is 38.2 Å². The van der Waals surface area contributed by atoms with Gasteiger partial charge in [-0.15, -0.1) is 0 Å². The van der Waals surface area contributed by atoms with Crippen molar-refractivity contribution in [1.29, 1.82) is 0 Å². The zero-order chi connectivity index (χ0) is 61.2. The number of carbonyl (C=O) groups excluding carboxylic acids is 2. The number of carbonyl (C=O) groups is 2. The zero-order valence-electron chi connectivity index (χ0n) is 56.9. The zero-order valence-corrected chi connectivity index (χ0v) is 57.8. The van der Waals surface area contributed by atoms with E-state index in [4.69, 9.17) is 18.5 Å². The van der Waals surface area contributed by atoms with Crippen LogP contribution in [0.15, 0.2) is 24.3 Å². The van der Waals surface area contributed by atoms with Crippen molar-refractivity contribution in [2.75, 3.05) is 47.5 Å². The van der Waals surface area contributed by atoms with E-state index in [0.717, 1.165) is 38.5 Å². The van der Waals surface area contributed by atoms with Crippen LogP contribution in [0.2, 0.25) is 0 Å². The van der Waals surface area contributed by atoms with Crippen LogP contribution in [0.4, 0.5) is 0 Å². The number of nitrogens with zero attached hydrogens (tertiary/aromatic N) is 1. The molecule has 0 amide bonds. The summed E-state index contributed by atoms with van der Waals surface area (Å²) in [6, 6.07) is 0. The molecule has 2 unspecified atom stereocenters. The minimum atomic E-state index is -4.64. The summed E-state index contributed by atoms with van der Waals surface area (Å²) in [5.74, 6) is -0.806. The highest BCUT2D eigenvalue weighted by Gasteiger charge is 2.22. The Bertz CT molecular complexity index is 1460. The van der Waals surface area contributed by atoms with E-state index in [9.17, 15) is 19.0 Å². The lowest BCUT2D eigenvalue weighted by Gasteiger charge is -2.28. The monoisotopic (exact) mass is 1210 g/mol. The predicted octanol–water partition coefficient (Wildman–Crippen LogP) is 23.4. The maximum Gasteiger partial charge on any atom is 0.306 e. The van der Waals surface area contributed by atoms with Crippen molar-refractivity contribution >= 4 is 19.8 Å². The Morgan fingerprint density at radius 3 is 0.940 bits per heavy atom. The van der Waals surface area contributed by atoms with Gasteiger partial charge in [0.05, 0.1) is 27.7 Å². The predicted molar refractivity (Wildman–Crippen MR) is 361 cm³/mol. The normalized spacial score (nSPS) is 13.2. The third kappa shape index (κ3) is 69.6. The van der Waals surface area contributed by atoms with Crippen molar-refractivity contribution in [1.82, 2.24) is 0 Å². The van der Waals surface area contributed by atoms with Crippen molar-refractivity contribution in [2.45, 2.75) is 392 Å². The van der Waals surface area contributed by atoms with Crippen LogP contribution >= 0.6 is 7.82 Å². The van der Waals surface area contributed by atoms with E-state index >= 15 is 0 Å². The van der Waals surface area contributed by atoms with Crippen LogP contribution in [-0.4, -0.2) is 70.0 Å². The lowest BCUT2D eigenvalue weighted by atomic mass is 10.0. The van der Waals surface area contributed by atoms with Crippen LogP contribution in [0.1, 0.15) is 386 Å². The van der Waals surface area contributed by atoms with Crippen molar-refractivity contribution in [3.8, 4) is 0 Å². The smallest absolute Gasteiger partial charge is 0.306 e. The second-order valence-corrected chi connectivity index (χ2v) is 28.1. The molecular formula is C74H144NO8P. The van der Waals surface area contributed by atoms with Crippen molar-refractivity contribution < 1.29 is 42.1 Å². The van der Waals surface area contributed by atoms with Crippen LogP contribution < -0.4 is 4.89 Å². The number of phosphoric acid groups is 1. The van der Waals surface area contributed by atoms with Crippen molar-refractivity contribution in [3.05, 3.63) is 24.3 Å². The quantitative estimate of drug-likeness (QED) is 0.0195. The lowest BCUT2D eigenvalue weighted by molar-refractivity contribution is -0.870. The molecule has 10 heteroatoms. The summed E-state index contributed by atoms with van der Waals surface area (Å²) in [7, 11) is 1.19. The Labute approximate surface area is 523 Å². The Morgan fingerprint density at radius 1 is 0.369 bits per heavy atom. The highest BCUT2D eigenvalue weighted by atomic mass is 31.2. The molecule has 0 heterocycles. The molecule has 0 aliphatic carbocycles. The van der Waals surface area contributed by atoms with E-state index in [1.54, 1.807) is 0 Å². The highest BCUT2D eigenvalue weighted by molar-refractivity contribution is 7.45. The van der Waals surface area contributed by atoms with Gasteiger partial charge in [0.2, 0.25) is 0 Å². The molecule has 0 aromatic heterocycles. The van der Waals surface area contributed by atoms with Gasteiger partial charge in [-0.25, -0.2) is 0 Å². The lowest BCUT2D eigenvalue weighted by Crippen LogP contribution is -2.37. The fourth-order valence-electron chi connectivity index (χ4n) is 11.3. The summed E-state index contributed by atoms with van der Waals surface area (Å²) in [5, 5.41) is 0. The van der Waals surface area contributed by atoms with Crippen LogP contribution in [-0.2, 0) is 32.7 Å². The van der Waals surface area contributed by atoms with Gasteiger partial charge in [0.1, 0.15) is 19.8 Å². The molecule has 0 bridgehead atoms. The molecule has 84 heavy (non-hydrogen) atoms. The van der Waals surface area contributed by atoms with E-state index in [1.165, 1.54) is 315 Å². The van der Waals surface area contributed by atoms with Gasteiger partial charge in [-0.3, -0.25) is 14.2 Å². The molecule has 0 N–H and O–H groups in total. The molecule has 0 spiro atoms. The Kier molecular flexibility index (Phi) is 64.7. The van der Waals surface area contributed by atoms with Crippen molar-refractivity contribution in [2.24, 2.45) is 0 Å². The van der Waals surface area contributed by atoms with Crippen LogP contribution in [0.5, 0.6) is 0 Å². The minimum absolute atomic E-state index is 0.0261. The molecule has 0 aliphatic rings. The third-order valence-electron chi connectivity index (χ3n) is 17.0. The average Bonchev–Trinajstić information content (AvgIpc) is 3.61. The van der Waals surface area contributed by atoms with E-state index in [-0.39, 0.29) is 32.0 Å². The first-order chi connectivity index (χ1) is 41.0. The Morgan fingerprint density at radius 2 is 0.643 bits per heavy atom. The second-order valence-electron chi connectivity index (χ2n) is 26.7. The van der Waals surface area contributed by atoms with E-state index < -0.39 is 26.5 Å². The fourth-order valence-corrected chi connectivity index (χ4v) is 12.0. The number of allylic oxidation sites excluding steroid dienone is 4. The van der Waals surface area contributed by atoms with Gasteiger partial charge in [0.25, 0.3) is 7.82 Å². The first-order valence-electron chi connectivity index (χ1n) is 37.0. The maximum atomic E-state index is 12.9. The maximum absolute atomic E-state index is 12.9. The topological polar surface area (TPSA) is 111 Å². The molecule has 0 aromatic carbocycles. The third-order valence-corrected chi connectivity index (χ3v) is 17.9. The average molecular weight is 1210 g/mol. The van der Waals surface area contributed by atoms with Gasteiger partial charge in [-0.2, -0.15) is 0 Å². The van der Waals surface area contributed by atoms with Gasteiger partial charge in [-0.1, -0.05) is 353 Å². The summed E-state index contributed by atoms with van der Waals surface area (Å²) < 4.78 is 34.4. The molecule has 0 radical (unpaired) electrons. The molecule has 0 saturated heterocycles. The summed E-state index contributed by atoms with van der Waals surface area (Å²) in [5.41, 5.74) is 0. The largest absolute Gasteiger partial charge is 0.756 e. The van der Waals surface area contributed by atoms with Gasteiger partial charge in [0, 0.05) is 12.8 Å². The molecule has 0 aromatic rings. The number of hydrogen-bond acceptors (Lipinski definition) is 8. The number of unbranched alkanes of at least 4 members (excludes halogenated alkanes) is 52. The van der Waals surface area contributed by atoms with E-state index in [1.807, 2.05) is 21.1 Å². The number of ether oxygens (including phenoxy) is 2. The number of hydrogen-bond donors (Lipinski definition) is 0. The van der Waals surface area contributed by atoms with Crippen LogP contribution in [0, 0.1) is 0 Å². The summed E-state index contributed by atoms with van der Waals surface area (Å²) in [6.07, 6.45) is 82.8. The number of esters is 2. The molecule has 0 rings (SSSR count). The van der Waals surface area contributed by atoms with Crippen molar-refractivity contribution in [3.63, 3.8) is 0 Å². The molecule has 2 atom stereocenters. The molecular weight excluding hydrogens is 1060 g/mol. The molecule has 9 nitrogen and oxygen atoms in total. The van der Waals surface area contributed by atoms with Gasteiger partial charge in [-0.05, 0) is 44.9 Å². The second kappa shape index (κ2) is 65.9. The number of likely N-dealkylation sites (N-methyl/N-ethyl adjacent to an activating group) is 1. The molecule has 0 saturated carbocycles. The minimum Gasteiger partial charge on any atom is -0.756 e. The fraction of sp³-hybridized carbons (Fsp3) is 0.919. The summed E-state index contributed by atoms with van der Waals surface area (Å²) in [6.45, 7) is 4.31. The number of quaternary nitrogens is 1. The highest BCUT2D eigenvalue weighted by Crippen LogP contribution is 2.38. The Balaban J connectivity index is 3.91. The first kappa shape index (κ1) is 82.5. The standard InChI is InChI=1S/C74H144NO8P/c1-6-8-10-12-14-16-18-20-22-24-26-28-30-31-32-33-34-35-36-37-38-39-40-41-42-43-45-47-49-51-53-55-57-59-61-63-65-67-74(77)83-72(71-82-84(78,79)81-69-68-75(3,4)5)70-80-73(76)66-64-62-60-58-56-54-52-50-48-46-44-29-27-25-23-21-19-17-15-13-11-9-7-2/h18,20,24,26,72H,6-17,19,21-23,25,27-71H2,1-5H3/b20-18-,26-24-. The van der Waals surface area contributed by atoms with Crippen LogP contribution in [0.3, 0.4) is 0 Å². The van der Waals surface area contributed by atoms with Gasteiger partial charge in [0.15, 0.2) is 6.10 Å². The SMILES string of the molecule is CCCCCCC/C=C\C/C=C\CCCCCCCCCCCCCCCCCCCCCCCCCCCC(=O)OC(COC(=O)CCCCCCCCCCCCCCCCCCCCCCCCC)COP(=O)([O-])OCC[N+](C)(C)C. The van der Waals surface area contributed by atoms with Crippen LogP contribution in [0.25, 0.3) is 0 Å². The summed E-state index contributed by atoms with van der Waals surface area (Å²) >= 11 is 0. The molecule has 0 fully saturated rings. The van der Waals surface area contributed by atoms with Gasteiger partial charge >= 0.3 is 11.9 Å². The molecule has 0 aliphatic heterocycles. The first-order valence-corrected chi connectivity index (χ1v) is 38.5. The number of phosphoric ester groups is 1. The van der Waals surface area contributed by atoms with E-state index in [0.29, 0.717) is 17.4 Å². The summed E-state index contributed by atoms with van der Waals surface area (Å²) in [4.78, 5) is 38.1. The Hall–Kier alpha value is -1.51. The number of rotatable bonds is 70. The van der Waals surface area contributed by atoms with Gasteiger partial charge < -0.3 is 27.9 Å².